The number of ether oxygens (including phenoxy) is 1. The van der Waals surface area contributed by atoms with E-state index in [4.69, 9.17) is 4.74 Å². The van der Waals surface area contributed by atoms with E-state index in [1.807, 2.05) is 0 Å². The molecular formula is C21H29NO2S3. The molecule has 0 radical (unpaired) electrons. The zero-order chi connectivity index (χ0) is 19.6. The highest BCUT2D eigenvalue weighted by molar-refractivity contribution is 8.24. The molecule has 3 nitrogen and oxygen atoms in total. The zero-order valence-electron chi connectivity index (χ0n) is 16.6. The minimum Gasteiger partial charge on any atom is -0.454 e. The highest BCUT2D eigenvalue weighted by Gasteiger charge is 2.39. The van der Waals surface area contributed by atoms with Crippen LogP contribution in [0.4, 0.5) is 0 Å². The molecule has 1 fully saturated rings. The number of benzene rings is 1. The Morgan fingerprint density at radius 1 is 1.11 bits per heavy atom. The first kappa shape index (κ1) is 21.0. The highest BCUT2D eigenvalue weighted by atomic mass is 32.2. The van der Waals surface area contributed by atoms with Gasteiger partial charge in [-0.1, -0.05) is 83.0 Å². The van der Waals surface area contributed by atoms with E-state index in [0.29, 0.717) is 12.3 Å². The monoisotopic (exact) mass is 423 g/mol. The summed E-state index contributed by atoms with van der Waals surface area (Å²) < 4.78 is 6.79. The van der Waals surface area contributed by atoms with E-state index in [9.17, 15) is 4.79 Å². The molecule has 1 unspecified atom stereocenters. The van der Waals surface area contributed by atoms with Gasteiger partial charge in [0.25, 0.3) is 5.91 Å². The molecular weight excluding hydrogens is 394 g/mol. The van der Waals surface area contributed by atoms with Gasteiger partial charge in [-0.3, -0.25) is 9.69 Å². The molecule has 3 rings (SSSR count). The van der Waals surface area contributed by atoms with Crippen LogP contribution in [-0.2, 0) is 14.9 Å². The number of carbonyl (C=O) groups excluding carboxylic acids is 1. The Morgan fingerprint density at radius 2 is 1.81 bits per heavy atom. The fourth-order valence-corrected chi connectivity index (χ4v) is 5.92. The van der Waals surface area contributed by atoms with Crippen molar-refractivity contribution < 1.29 is 9.53 Å². The molecule has 1 aromatic carbocycles. The molecule has 0 aromatic heterocycles. The van der Waals surface area contributed by atoms with Gasteiger partial charge in [0.1, 0.15) is 0 Å². The Balaban J connectivity index is 1.69. The maximum atomic E-state index is 12.9. The average molecular weight is 424 g/mol. The van der Waals surface area contributed by atoms with Gasteiger partial charge in [0, 0.05) is 16.3 Å². The van der Waals surface area contributed by atoms with Crippen LogP contribution in [0, 0.1) is 0 Å². The third kappa shape index (κ3) is 4.83. The van der Waals surface area contributed by atoms with Crippen molar-refractivity contribution in [3.8, 4) is 0 Å². The number of amides is 1. The lowest BCUT2D eigenvalue weighted by Crippen LogP contribution is -2.31. The van der Waals surface area contributed by atoms with E-state index in [-0.39, 0.29) is 11.3 Å². The Morgan fingerprint density at radius 3 is 2.52 bits per heavy atom. The Bertz CT molecular complexity index is 739. The van der Waals surface area contributed by atoms with Crippen molar-refractivity contribution in [1.29, 1.82) is 0 Å². The first-order chi connectivity index (χ1) is 12.8. The lowest BCUT2D eigenvalue weighted by atomic mass is 9.87. The number of carbonyl (C=O) groups is 1. The molecule has 1 aromatic rings. The average Bonchev–Trinajstić information content (AvgIpc) is 3.15. The summed E-state index contributed by atoms with van der Waals surface area (Å²) in [6.07, 6.45) is 5.86. The van der Waals surface area contributed by atoms with Crippen LogP contribution in [0.3, 0.4) is 0 Å². The van der Waals surface area contributed by atoms with Crippen molar-refractivity contribution >= 4 is 42.1 Å². The quantitative estimate of drug-likeness (QED) is 0.326. The standard InChI is InChI=1S/C21H29NO2S3/c1-5-6-7-8-9-12-22-18(23)17(24-20(22)25)19-26-15-11-10-14(21(2,3)4)13-16(15)27-19/h10-11,13,20,25H,5-9,12H2,1-4H3. The Labute approximate surface area is 177 Å². The first-order valence-electron chi connectivity index (χ1n) is 9.71. The molecule has 1 atom stereocenters. The largest absolute Gasteiger partial charge is 0.454 e. The second-order valence-electron chi connectivity index (χ2n) is 8.09. The topological polar surface area (TPSA) is 29.5 Å². The molecule has 1 amide bonds. The van der Waals surface area contributed by atoms with Crippen LogP contribution >= 0.6 is 36.2 Å². The molecule has 0 bridgehead atoms. The third-order valence-electron chi connectivity index (χ3n) is 4.85. The van der Waals surface area contributed by atoms with Gasteiger partial charge in [-0.05, 0) is 29.5 Å². The summed E-state index contributed by atoms with van der Waals surface area (Å²) in [5.41, 5.74) is 0.946. The summed E-state index contributed by atoms with van der Waals surface area (Å²) in [5.74, 6) is 0.441. The van der Waals surface area contributed by atoms with E-state index in [2.05, 4.69) is 58.5 Å². The molecule has 0 saturated carbocycles. The van der Waals surface area contributed by atoms with Crippen molar-refractivity contribution in [1.82, 2.24) is 4.90 Å². The van der Waals surface area contributed by atoms with Crippen molar-refractivity contribution in [2.45, 2.75) is 80.6 Å². The van der Waals surface area contributed by atoms with Gasteiger partial charge in [-0.15, -0.1) is 12.6 Å². The fourth-order valence-electron chi connectivity index (χ4n) is 3.14. The summed E-state index contributed by atoms with van der Waals surface area (Å²) in [4.78, 5) is 17.0. The number of nitrogens with zero attached hydrogens (tertiary/aromatic N) is 1. The smallest absolute Gasteiger partial charge is 0.294 e. The van der Waals surface area contributed by atoms with Crippen LogP contribution in [0.25, 0.3) is 0 Å². The van der Waals surface area contributed by atoms with E-state index in [0.717, 1.165) is 17.1 Å². The summed E-state index contributed by atoms with van der Waals surface area (Å²) >= 11 is 7.76. The third-order valence-corrected chi connectivity index (χ3v) is 7.74. The summed E-state index contributed by atoms with van der Waals surface area (Å²) in [6.45, 7) is 9.57. The minimum atomic E-state index is -0.471. The van der Waals surface area contributed by atoms with Crippen LogP contribution in [0.5, 0.6) is 0 Å². The van der Waals surface area contributed by atoms with Crippen LogP contribution in [0.15, 0.2) is 38.0 Å². The van der Waals surface area contributed by atoms with Gasteiger partial charge in [-0.2, -0.15) is 0 Å². The van der Waals surface area contributed by atoms with Crippen LogP contribution in [0.1, 0.15) is 65.4 Å². The molecule has 6 heteroatoms. The van der Waals surface area contributed by atoms with Gasteiger partial charge >= 0.3 is 0 Å². The molecule has 2 heterocycles. The number of rotatable bonds is 6. The molecule has 148 valence electrons. The summed E-state index contributed by atoms with van der Waals surface area (Å²) in [5, 5.41) is 0. The molecule has 0 spiro atoms. The Kier molecular flexibility index (Phi) is 6.80. The van der Waals surface area contributed by atoms with E-state index in [1.165, 1.54) is 34.6 Å². The number of unbranched alkanes of at least 4 members (excludes halogenated alkanes) is 4. The second kappa shape index (κ2) is 8.75. The van der Waals surface area contributed by atoms with Gasteiger partial charge in [0.15, 0.2) is 0 Å². The van der Waals surface area contributed by atoms with Crippen LogP contribution in [0.2, 0.25) is 0 Å². The maximum Gasteiger partial charge on any atom is 0.294 e. The number of hydrogen-bond acceptors (Lipinski definition) is 5. The molecule has 0 N–H and O–H groups in total. The van der Waals surface area contributed by atoms with Gasteiger partial charge in [-0.25, -0.2) is 0 Å². The maximum absolute atomic E-state index is 12.9. The van der Waals surface area contributed by atoms with Gasteiger partial charge in [0.2, 0.25) is 11.3 Å². The van der Waals surface area contributed by atoms with E-state index < -0.39 is 5.56 Å². The fraction of sp³-hybridized carbons (Fsp3) is 0.571. The summed E-state index contributed by atoms with van der Waals surface area (Å²) in [6, 6.07) is 6.58. The van der Waals surface area contributed by atoms with Gasteiger partial charge in [0.05, 0.1) is 4.24 Å². The molecule has 1 saturated heterocycles. The van der Waals surface area contributed by atoms with Crippen molar-refractivity contribution in [2.24, 2.45) is 0 Å². The lowest BCUT2D eigenvalue weighted by Gasteiger charge is -2.19. The number of fused-ring (bicyclic) bond motifs is 1. The van der Waals surface area contributed by atoms with E-state index >= 15 is 0 Å². The predicted molar refractivity (Wildman–Crippen MR) is 118 cm³/mol. The predicted octanol–water partition coefficient (Wildman–Crippen LogP) is 6.39. The normalized spacial score (nSPS) is 22.3. The molecule has 2 aliphatic heterocycles. The van der Waals surface area contributed by atoms with Crippen LogP contribution in [-0.4, -0.2) is 22.9 Å². The Hall–Kier alpha value is -0.720. The van der Waals surface area contributed by atoms with Crippen molar-refractivity contribution in [2.75, 3.05) is 6.54 Å². The molecule has 0 aliphatic carbocycles. The van der Waals surface area contributed by atoms with E-state index in [1.54, 1.807) is 28.4 Å². The zero-order valence-corrected chi connectivity index (χ0v) is 19.1. The minimum absolute atomic E-state index is 0.0238. The summed E-state index contributed by atoms with van der Waals surface area (Å²) in [7, 11) is 0. The van der Waals surface area contributed by atoms with Crippen molar-refractivity contribution in [3.05, 3.63) is 33.8 Å². The second-order valence-corrected chi connectivity index (χ2v) is 10.9. The number of thiol groups is 1. The number of hydrogen-bond donors (Lipinski definition) is 1. The highest BCUT2D eigenvalue weighted by Crippen LogP contribution is 2.54. The first-order valence-corrected chi connectivity index (χ1v) is 11.9. The lowest BCUT2D eigenvalue weighted by molar-refractivity contribution is -0.125. The number of thioether (sulfide) groups is 2. The van der Waals surface area contributed by atoms with Gasteiger partial charge < -0.3 is 4.74 Å². The molecule has 27 heavy (non-hydrogen) atoms. The molecule has 2 aliphatic rings. The SMILES string of the molecule is CCCCCCCN1C(=O)C(=C2Sc3ccc(C(C)(C)C)cc3S2)OC1S. The van der Waals surface area contributed by atoms with Crippen molar-refractivity contribution in [3.63, 3.8) is 0 Å². The van der Waals surface area contributed by atoms with Crippen LogP contribution < -0.4 is 0 Å².